The largest absolute Gasteiger partial charge is 0.447 e. The van der Waals surface area contributed by atoms with Crippen molar-refractivity contribution in [3.05, 3.63) is 0 Å². The van der Waals surface area contributed by atoms with E-state index in [2.05, 4.69) is 6.92 Å². The summed E-state index contributed by atoms with van der Waals surface area (Å²) >= 11 is 0. The maximum Gasteiger partial charge on any atom is 0.410 e. The van der Waals surface area contributed by atoms with Crippen LogP contribution in [0.1, 0.15) is 46.5 Å². The molecule has 0 aromatic rings. The summed E-state index contributed by atoms with van der Waals surface area (Å²) in [7, 11) is 0. The zero-order valence-corrected chi connectivity index (χ0v) is 9.90. The average molecular weight is 211 g/mol. The lowest BCUT2D eigenvalue weighted by molar-refractivity contribution is 0.0420. The fourth-order valence-electron chi connectivity index (χ4n) is 3.01. The van der Waals surface area contributed by atoms with Crippen molar-refractivity contribution in [2.75, 3.05) is 0 Å². The number of carbonyl (C=O) groups excluding carboxylic acids is 1. The Morgan fingerprint density at radius 3 is 2.27 bits per heavy atom. The zero-order valence-electron chi connectivity index (χ0n) is 9.90. The van der Waals surface area contributed by atoms with E-state index in [1.54, 1.807) is 0 Å². The normalized spacial score (nSPS) is 34.7. The summed E-state index contributed by atoms with van der Waals surface area (Å²) in [4.78, 5) is 13.9. The highest BCUT2D eigenvalue weighted by molar-refractivity contribution is 5.69. The van der Waals surface area contributed by atoms with Crippen molar-refractivity contribution < 1.29 is 9.53 Å². The molecule has 3 nitrogen and oxygen atoms in total. The van der Waals surface area contributed by atoms with Gasteiger partial charge in [0.15, 0.2) is 0 Å². The Labute approximate surface area is 91.8 Å². The third kappa shape index (κ3) is 2.11. The summed E-state index contributed by atoms with van der Waals surface area (Å²) in [5, 5.41) is 0. The van der Waals surface area contributed by atoms with Gasteiger partial charge < -0.3 is 9.64 Å². The standard InChI is InChI=1S/C12H21NO2/c1-8(2)15-12(14)13-10-4-5-11(13)7-9(3)6-10/h8-11H,4-7H2,1-3H3. The van der Waals surface area contributed by atoms with Crippen LogP contribution in [-0.4, -0.2) is 29.2 Å². The molecule has 0 aliphatic carbocycles. The van der Waals surface area contributed by atoms with Crippen LogP contribution in [0.25, 0.3) is 0 Å². The van der Waals surface area contributed by atoms with E-state index in [0.717, 1.165) is 18.8 Å². The van der Waals surface area contributed by atoms with Gasteiger partial charge >= 0.3 is 6.09 Å². The van der Waals surface area contributed by atoms with Gasteiger partial charge in [0, 0.05) is 12.1 Å². The fraction of sp³-hybridized carbons (Fsp3) is 0.917. The molecule has 2 atom stereocenters. The van der Waals surface area contributed by atoms with Gasteiger partial charge in [-0.2, -0.15) is 0 Å². The molecule has 0 spiro atoms. The smallest absolute Gasteiger partial charge is 0.410 e. The molecular formula is C12H21NO2. The van der Waals surface area contributed by atoms with Crippen LogP contribution in [0.2, 0.25) is 0 Å². The molecule has 0 N–H and O–H groups in total. The van der Waals surface area contributed by atoms with Gasteiger partial charge in [-0.1, -0.05) is 6.92 Å². The van der Waals surface area contributed by atoms with Gasteiger partial charge in [-0.3, -0.25) is 0 Å². The van der Waals surface area contributed by atoms with Gasteiger partial charge in [-0.25, -0.2) is 4.79 Å². The number of ether oxygens (including phenoxy) is 1. The first-order valence-electron chi connectivity index (χ1n) is 6.07. The molecule has 0 aromatic heterocycles. The lowest BCUT2D eigenvalue weighted by Gasteiger charge is -2.37. The van der Waals surface area contributed by atoms with Gasteiger partial charge in [0.25, 0.3) is 0 Å². The monoisotopic (exact) mass is 211 g/mol. The zero-order chi connectivity index (χ0) is 11.0. The van der Waals surface area contributed by atoms with Crippen LogP contribution in [0.15, 0.2) is 0 Å². The van der Waals surface area contributed by atoms with E-state index in [0.29, 0.717) is 12.1 Å². The molecule has 3 heteroatoms. The van der Waals surface area contributed by atoms with Gasteiger partial charge in [0.05, 0.1) is 6.10 Å². The summed E-state index contributed by atoms with van der Waals surface area (Å²) in [6.07, 6.45) is 4.55. The number of rotatable bonds is 1. The van der Waals surface area contributed by atoms with Crippen LogP contribution in [0.5, 0.6) is 0 Å². The molecule has 2 unspecified atom stereocenters. The number of piperidine rings is 1. The average Bonchev–Trinajstić information content (AvgIpc) is 2.38. The number of nitrogens with zero attached hydrogens (tertiary/aromatic N) is 1. The molecule has 2 fully saturated rings. The summed E-state index contributed by atoms with van der Waals surface area (Å²) in [5.74, 6) is 0.769. The van der Waals surface area contributed by atoms with Crippen molar-refractivity contribution in [2.45, 2.75) is 64.6 Å². The Morgan fingerprint density at radius 1 is 1.27 bits per heavy atom. The summed E-state index contributed by atoms with van der Waals surface area (Å²) < 4.78 is 5.29. The van der Waals surface area contributed by atoms with E-state index >= 15 is 0 Å². The van der Waals surface area contributed by atoms with E-state index < -0.39 is 0 Å². The van der Waals surface area contributed by atoms with Crippen LogP contribution >= 0.6 is 0 Å². The maximum atomic E-state index is 11.9. The quantitative estimate of drug-likeness (QED) is 0.667. The number of hydrogen-bond donors (Lipinski definition) is 0. The lowest BCUT2D eigenvalue weighted by atomic mass is 9.93. The minimum atomic E-state index is -0.0931. The Bertz CT molecular complexity index is 238. The van der Waals surface area contributed by atoms with Crippen molar-refractivity contribution >= 4 is 6.09 Å². The van der Waals surface area contributed by atoms with E-state index in [1.165, 1.54) is 12.8 Å². The minimum Gasteiger partial charge on any atom is -0.447 e. The second-order valence-electron chi connectivity index (χ2n) is 5.30. The van der Waals surface area contributed by atoms with E-state index in [9.17, 15) is 4.79 Å². The lowest BCUT2D eigenvalue weighted by Crippen LogP contribution is -2.46. The summed E-state index contributed by atoms with van der Waals surface area (Å²) in [6, 6.07) is 0.898. The molecule has 2 aliphatic rings. The van der Waals surface area contributed by atoms with Gasteiger partial charge in [0.2, 0.25) is 0 Å². The molecule has 1 amide bonds. The van der Waals surface area contributed by atoms with Crippen molar-refractivity contribution in [1.29, 1.82) is 0 Å². The van der Waals surface area contributed by atoms with Crippen LogP contribution in [-0.2, 0) is 4.74 Å². The Kier molecular flexibility index (Phi) is 2.89. The molecule has 15 heavy (non-hydrogen) atoms. The summed E-state index contributed by atoms with van der Waals surface area (Å²) in [6.45, 7) is 6.11. The first-order valence-corrected chi connectivity index (χ1v) is 6.07. The molecule has 2 heterocycles. The van der Waals surface area contributed by atoms with E-state index in [-0.39, 0.29) is 12.2 Å². The van der Waals surface area contributed by atoms with Crippen LogP contribution in [0, 0.1) is 5.92 Å². The molecular weight excluding hydrogens is 190 g/mol. The minimum absolute atomic E-state index is 0.00347. The second kappa shape index (κ2) is 4.03. The highest BCUT2D eigenvalue weighted by Crippen LogP contribution is 2.38. The topological polar surface area (TPSA) is 29.5 Å². The predicted molar refractivity (Wildman–Crippen MR) is 58.7 cm³/mol. The fourth-order valence-corrected chi connectivity index (χ4v) is 3.01. The summed E-state index contributed by atoms with van der Waals surface area (Å²) in [5.41, 5.74) is 0. The Morgan fingerprint density at radius 2 is 1.80 bits per heavy atom. The van der Waals surface area contributed by atoms with Crippen molar-refractivity contribution in [2.24, 2.45) is 5.92 Å². The van der Waals surface area contributed by atoms with Gasteiger partial charge in [-0.15, -0.1) is 0 Å². The third-order valence-corrected chi connectivity index (χ3v) is 3.52. The number of fused-ring (bicyclic) bond motifs is 2. The van der Waals surface area contributed by atoms with Crippen molar-refractivity contribution in [3.8, 4) is 0 Å². The van der Waals surface area contributed by atoms with E-state index in [1.807, 2.05) is 18.7 Å². The highest BCUT2D eigenvalue weighted by Gasteiger charge is 2.42. The number of hydrogen-bond acceptors (Lipinski definition) is 2. The SMILES string of the molecule is CC1CC2CCC(C1)N2C(=O)OC(C)C. The maximum absolute atomic E-state index is 11.9. The molecule has 2 aliphatic heterocycles. The highest BCUT2D eigenvalue weighted by atomic mass is 16.6. The molecule has 2 bridgehead atoms. The third-order valence-electron chi connectivity index (χ3n) is 3.52. The first kappa shape index (κ1) is 10.8. The second-order valence-corrected chi connectivity index (χ2v) is 5.30. The first-order chi connectivity index (χ1) is 7.08. The molecule has 2 saturated heterocycles. The van der Waals surface area contributed by atoms with Crippen LogP contribution < -0.4 is 0 Å². The van der Waals surface area contributed by atoms with Gasteiger partial charge in [-0.05, 0) is 45.4 Å². The Hall–Kier alpha value is -0.730. The van der Waals surface area contributed by atoms with E-state index in [4.69, 9.17) is 4.74 Å². The molecule has 0 radical (unpaired) electrons. The van der Waals surface area contributed by atoms with Crippen LogP contribution in [0.4, 0.5) is 4.79 Å². The van der Waals surface area contributed by atoms with Crippen molar-refractivity contribution in [1.82, 2.24) is 4.90 Å². The van der Waals surface area contributed by atoms with Crippen LogP contribution in [0.3, 0.4) is 0 Å². The molecule has 86 valence electrons. The molecule has 2 rings (SSSR count). The molecule has 0 saturated carbocycles. The van der Waals surface area contributed by atoms with Gasteiger partial charge in [0.1, 0.15) is 0 Å². The van der Waals surface area contributed by atoms with Crippen molar-refractivity contribution in [3.63, 3.8) is 0 Å². The number of amides is 1. The Balaban J connectivity index is 2.01. The molecule has 0 aromatic carbocycles. The predicted octanol–water partition coefficient (Wildman–Crippen LogP) is 2.79. The number of carbonyl (C=O) groups is 1.